The van der Waals surface area contributed by atoms with Gasteiger partial charge in [0, 0.05) is 5.56 Å². The van der Waals surface area contributed by atoms with E-state index in [1.54, 1.807) is 41.8 Å². The fourth-order valence-corrected chi connectivity index (χ4v) is 3.85. The molecule has 0 fully saturated rings. The first-order chi connectivity index (χ1) is 14.9. The molecular formula is C21H22FN3O5S. The van der Waals surface area contributed by atoms with Gasteiger partial charge in [-0.05, 0) is 31.2 Å². The molecule has 3 aromatic rings. The van der Waals surface area contributed by atoms with Crippen molar-refractivity contribution in [1.82, 2.24) is 14.8 Å². The largest absolute Gasteiger partial charge is 0.493 e. The predicted molar refractivity (Wildman–Crippen MR) is 114 cm³/mol. The minimum Gasteiger partial charge on any atom is -0.493 e. The van der Waals surface area contributed by atoms with E-state index in [1.165, 1.54) is 34.5 Å². The number of ether oxygens (including phenoxy) is 4. The molecule has 1 unspecified atom stereocenters. The summed E-state index contributed by atoms with van der Waals surface area (Å²) < 4.78 is 37.3. The summed E-state index contributed by atoms with van der Waals surface area (Å²) >= 11 is 1.11. The van der Waals surface area contributed by atoms with Gasteiger partial charge in [0.2, 0.25) is 5.75 Å². The number of methoxy groups -OCH3 is 4. The van der Waals surface area contributed by atoms with Crippen molar-refractivity contribution in [3.05, 3.63) is 42.2 Å². The van der Waals surface area contributed by atoms with Gasteiger partial charge in [-0.2, -0.15) is 0 Å². The number of thioether (sulfide) groups is 1. The maximum atomic E-state index is 14.8. The quantitative estimate of drug-likeness (QED) is 0.381. The molecule has 164 valence electrons. The Morgan fingerprint density at radius 2 is 1.68 bits per heavy atom. The van der Waals surface area contributed by atoms with E-state index in [9.17, 15) is 9.18 Å². The highest BCUT2D eigenvalue weighted by Gasteiger charge is 2.25. The van der Waals surface area contributed by atoms with Crippen LogP contribution < -0.4 is 14.2 Å². The van der Waals surface area contributed by atoms with E-state index < -0.39 is 17.0 Å². The van der Waals surface area contributed by atoms with Crippen LogP contribution in [0.25, 0.3) is 17.1 Å². The van der Waals surface area contributed by atoms with Crippen molar-refractivity contribution in [2.75, 3.05) is 28.4 Å². The molecule has 1 heterocycles. The standard InChI is InChI=1S/C21H22FN3O5S/c1-12(20(26)30-5)31-21-24-23-19(25(21)15-9-7-6-8-14(15)22)13-10-16(27-2)18(29-4)17(11-13)28-3/h6-12H,1-5H3. The first kappa shape index (κ1) is 22.4. The van der Waals surface area contributed by atoms with Gasteiger partial charge >= 0.3 is 5.97 Å². The number of nitrogens with zero attached hydrogens (tertiary/aromatic N) is 3. The average molecular weight is 447 g/mol. The molecule has 0 aliphatic heterocycles. The Bertz CT molecular complexity index is 1060. The zero-order chi connectivity index (χ0) is 22.5. The molecule has 1 aromatic heterocycles. The highest BCUT2D eigenvalue weighted by molar-refractivity contribution is 8.00. The molecule has 0 bridgehead atoms. The number of carbonyl (C=O) groups is 1. The van der Waals surface area contributed by atoms with Crippen molar-refractivity contribution in [3.63, 3.8) is 0 Å². The number of rotatable bonds is 8. The van der Waals surface area contributed by atoms with Gasteiger partial charge in [0.15, 0.2) is 22.5 Å². The summed E-state index contributed by atoms with van der Waals surface area (Å²) in [6.07, 6.45) is 0. The van der Waals surface area contributed by atoms with Crippen LogP contribution in [0, 0.1) is 5.82 Å². The summed E-state index contributed by atoms with van der Waals surface area (Å²) in [5, 5.41) is 8.23. The molecule has 2 aromatic carbocycles. The van der Waals surface area contributed by atoms with Gasteiger partial charge in [0.25, 0.3) is 0 Å². The first-order valence-electron chi connectivity index (χ1n) is 9.20. The van der Waals surface area contributed by atoms with Gasteiger partial charge in [-0.25, -0.2) is 4.39 Å². The van der Waals surface area contributed by atoms with Crippen LogP contribution in [0.15, 0.2) is 41.6 Å². The number of para-hydroxylation sites is 1. The van der Waals surface area contributed by atoms with Crippen LogP contribution in [-0.2, 0) is 9.53 Å². The van der Waals surface area contributed by atoms with E-state index >= 15 is 0 Å². The lowest BCUT2D eigenvalue weighted by Gasteiger charge is -2.16. The third-order valence-corrected chi connectivity index (χ3v) is 5.49. The van der Waals surface area contributed by atoms with E-state index in [-0.39, 0.29) is 5.69 Å². The Balaban J connectivity index is 2.22. The molecule has 3 rings (SSSR count). The maximum absolute atomic E-state index is 14.8. The van der Waals surface area contributed by atoms with Crippen molar-refractivity contribution in [3.8, 4) is 34.3 Å². The number of halogens is 1. The Hall–Kier alpha value is -3.27. The molecule has 1 atom stereocenters. The Labute approximate surface area is 183 Å². The fourth-order valence-electron chi connectivity index (χ4n) is 2.97. The molecule has 8 nitrogen and oxygen atoms in total. The van der Waals surface area contributed by atoms with Gasteiger partial charge in [-0.1, -0.05) is 23.9 Å². The Morgan fingerprint density at radius 1 is 1.03 bits per heavy atom. The van der Waals surface area contributed by atoms with Crippen LogP contribution in [0.2, 0.25) is 0 Å². The molecule has 31 heavy (non-hydrogen) atoms. The zero-order valence-corrected chi connectivity index (χ0v) is 18.5. The van der Waals surface area contributed by atoms with Crippen LogP contribution in [0.3, 0.4) is 0 Å². The van der Waals surface area contributed by atoms with Gasteiger partial charge < -0.3 is 18.9 Å². The Kier molecular flexibility index (Phi) is 7.01. The van der Waals surface area contributed by atoms with Crippen molar-refractivity contribution >= 4 is 17.7 Å². The summed E-state index contributed by atoms with van der Waals surface area (Å²) in [6, 6.07) is 9.63. The topological polar surface area (TPSA) is 84.7 Å². The Morgan fingerprint density at radius 3 is 2.23 bits per heavy atom. The number of hydrogen-bond acceptors (Lipinski definition) is 8. The van der Waals surface area contributed by atoms with Crippen molar-refractivity contribution in [2.45, 2.75) is 17.3 Å². The molecule has 0 spiro atoms. The minimum absolute atomic E-state index is 0.232. The lowest BCUT2D eigenvalue weighted by Crippen LogP contribution is -2.15. The number of benzene rings is 2. The van der Waals surface area contributed by atoms with Crippen molar-refractivity contribution in [1.29, 1.82) is 0 Å². The van der Waals surface area contributed by atoms with E-state index in [4.69, 9.17) is 18.9 Å². The lowest BCUT2D eigenvalue weighted by atomic mass is 10.1. The van der Waals surface area contributed by atoms with Crippen LogP contribution >= 0.6 is 11.8 Å². The first-order valence-corrected chi connectivity index (χ1v) is 10.1. The highest BCUT2D eigenvalue weighted by atomic mass is 32.2. The number of hydrogen-bond donors (Lipinski definition) is 0. The van der Waals surface area contributed by atoms with Crippen molar-refractivity contribution < 1.29 is 28.1 Å². The maximum Gasteiger partial charge on any atom is 0.318 e. The van der Waals surface area contributed by atoms with E-state index in [1.807, 2.05) is 0 Å². The van der Waals surface area contributed by atoms with Crippen LogP contribution in [0.4, 0.5) is 4.39 Å². The molecule has 0 aliphatic carbocycles. The fraction of sp³-hybridized carbons (Fsp3) is 0.286. The summed E-state index contributed by atoms with van der Waals surface area (Å²) in [5.74, 6) is 0.684. The molecule has 10 heteroatoms. The second-order valence-corrected chi connectivity index (χ2v) is 7.60. The van der Waals surface area contributed by atoms with Crippen LogP contribution in [-0.4, -0.2) is 54.4 Å². The lowest BCUT2D eigenvalue weighted by molar-refractivity contribution is -0.139. The summed E-state index contributed by atoms with van der Waals surface area (Å²) in [7, 11) is 5.82. The summed E-state index contributed by atoms with van der Waals surface area (Å²) in [6.45, 7) is 1.68. The van der Waals surface area contributed by atoms with E-state index in [0.29, 0.717) is 33.8 Å². The van der Waals surface area contributed by atoms with Crippen molar-refractivity contribution in [2.24, 2.45) is 0 Å². The average Bonchev–Trinajstić information content (AvgIpc) is 3.20. The third kappa shape index (κ3) is 4.43. The summed E-state index contributed by atoms with van der Waals surface area (Å²) in [4.78, 5) is 11.9. The predicted octanol–water partition coefficient (Wildman–Crippen LogP) is 3.75. The van der Waals surface area contributed by atoms with Crippen LogP contribution in [0.5, 0.6) is 17.2 Å². The SMILES string of the molecule is COC(=O)C(C)Sc1nnc(-c2cc(OC)c(OC)c(OC)c2)n1-c1ccccc1F. The second-order valence-electron chi connectivity index (χ2n) is 6.29. The molecule has 0 N–H and O–H groups in total. The van der Waals surface area contributed by atoms with Gasteiger partial charge in [0.1, 0.15) is 11.1 Å². The molecule has 0 saturated carbocycles. The van der Waals surface area contributed by atoms with Gasteiger partial charge in [-0.3, -0.25) is 9.36 Å². The second kappa shape index (κ2) is 9.69. The molecular weight excluding hydrogens is 425 g/mol. The summed E-state index contributed by atoms with van der Waals surface area (Å²) in [5.41, 5.74) is 0.790. The monoisotopic (exact) mass is 447 g/mol. The molecule has 0 radical (unpaired) electrons. The number of esters is 1. The van der Waals surface area contributed by atoms with E-state index in [2.05, 4.69) is 10.2 Å². The normalized spacial score (nSPS) is 11.7. The zero-order valence-electron chi connectivity index (χ0n) is 17.7. The number of aromatic nitrogens is 3. The third-order valence-electron chi connectivity index (χ3n) is 4.46. The number of carbonyl (C=O) groups excluding carboxylic acids is 1. The van der Waals surface area contributed by atoms with Gasteiger partial charge in [0.05, 0.1) is 34.1 Å². The molecule has 0 aliphatic rings. The highest BCUT2D eigenvalue weighted by Crippen LogP contribution is 2.42. The smallest absolute Gasteiger partial charge is 0.318 e. The minimum atomic E-state index is -0.576. The van der Waals surface area contributed by atoms with E-state index in [0.717, 1.165) is 11.8 Å². The molecule has 0 amide bonds. The molecule has 0 saturated heterocycles. The van der Waals surface area contributed by atoms with Crippen LogP contribution in [0.1, 0.15) is 6.92 Å². The van der Waals surface area contributed by atoms with Gasteiger partial charge in [-0.15, -0.1) is 10.2 Å².